The number of anilines is 1. The van der Waals surface area contributed by atoms with E-state index in [9.17, 15) is 18.0 Å². The molecule has 3 rings (SSSR count). The van der Waals surface area contributed by atoms with Crippen LogP contribution in [0.4, 0.5) is 5.69 Å². The summed E-state index contributed by atoms with van der Waals surface area (Å²) in [6.45, 7) is 9.87. The van der Waals surface area contributed by atoms with E-state index in [-0.39, 0.29) is 23.3 Å². The summed E-state index contributed by atoms with van der Waals surface area (Å²) in [6.07, 6.45) is 1.13. The third-order valence-electron chi connectivity index (χ3n) is 6.87. The quantitative estimate of drug-likeness (QED) is 0.318. The van der Waals surface area contributed by atoms with Crippen molar-refractivity contribution in [1.29, 1.82) is 0 Å². The maximum atomic E-state index is 14.0. The van der Waals surface area contributed by atoms with E-state index in [4.69, 9.17) is 0 Å². The molecule has 40 heavy (non-hydrogen) atoms. The van der Waals surface area contributed by atoms with Crippen molar-refractivity contribution in [2.75, 3.05) is 23.9 Å². The van der Waals surface area contributed by atoms with Gasteiger partial charge in [-0.3, -0.25) is 13.9 Å². The van der Waals surface area contributed by atoms with E-state index < -0.39 is 28.5 Å². The van der Waals surface area contributed by atoms with Crippen molar-refractivity contribution < 1.29 is 18.0 Å². The van der Waals surface area contributed by atoms with Crippen LogP contribution in [0.2, 0.25) is 0 Å². The van der Waals surface area contributed by atoms with Crippen LogP contribution in [0.3, 0.4) is 0 Å². The van der Waals surface area contributed by atoms with Crippen LogP contribution in [0.5, 0.6) is 0 Å². The standard InChI is InChI=1S/C32H41N3O4S/c1-6-28-14-10-11-15-30(28)35(40(38,39)29-18-16-25(4)17-19-29)23-31(36)34(21-20-27-12-8-7-9-13-27)26(5)32(37)33-22-24(2)3/h7-19,24,26H,6,20-23H2,1-5H3,(H,33,37)/t26-/m1/s1. The van der Waals surface area contributed by atoms with Crippen molar-refractivity contribution in [2.24, 2.45) is 5.92 Å². The molecule has 0 aliphatic carbocycles. The van der Waals surface area contributed by atoms with Crippen LogP contribution < -0.4 is 9.62 Å². The van der Waals surface area contributed by atoms with E-state index in [0.29, 0.717) is 25.1 Å². The molecule has 214 valence electrons. The van der Waals surface area contributed by atoms with Crippen LogP contribution in [-0.2, 0) is 32.5 Å². The number of nitrogens with one attached hydrogen (secondary N) is 1. The number of amides is 2. The maximum absolute atomic E-state index is 14.0. The monoisotopic (exact) mass is 563 g/mol. The highest BCUT2D eigenvalue weighted by atomic mass is 32.2. The number of aryl methyl sites for hydroxylation is 2. The predicted octanol–water partition coefficient (Wildman–Crippen LogP) is 4.98. The molecular formula is C32H41N3O4S. The minimum absolute atomic E-state index is 0.107. The Hall–Kier alpha value is -3.65. The van der Waals surface area contributed by atoms with Crippen LogP contribution in [-0.4, -0.2) is 50.8 Å². The van der Waals surface area contributed by atoms with E-state index in [0.717, 1.165) is 16.7 Å². The number of hydrogen-bond acceptors (Lipinski definition) is 4. The summed E-state index contributed by atoms with van der Waals surface area (Å²) in [4.78, 5) is 28.7. The third-order valence-corrected chi connectivity index (χ3v) is 8.64. The summed E-state index contributed by atoms with van der Waals surface area (Å²) in [6, 6.07) is 22.8. The van der Waals surface area contributed by atoms with Gasteiger partial charge < -0.3 is 10.2 Å². The molecule has 2 amide bonds. The zero-order chi connectivity index (χ0) is 29.3. The second-order valence-corrected chi connectivity index (χ2v) is 12.3. The zero-order valence-electron chi connectivity index (χ0n) is 24.1. The van der Waals surface area contributed by atoms with Crippen LogP contribution in [0, 0.1) is 12.8 Å². The fourth-order valence-electron chi connectivity index (χ4n) is 4.43. The van der Waals surface area contributed by atoms with Gasteiger partial charge in [0.05, 0.1) is 10.6 Å². The Morgan fingerprint density at radius 3 is 2.12 bits per heavy atom. The summed E-state index contributed by atoms with van der Waals surface area (Å²) in [7, 11) is -4.08. The maximum Gasteiger partial charge on any atom is 0.264 e. The molecule has 7 nitrogen and oxygen atoms in total. The van der Waals surface area contributed by atoms with E-state index >= 15 is 0 Å². The molecule has 0 saturated carbocycles. The van der Waals surface area contributed by atoms with E-state index in [1.807, 2.05) is 70.2 Å². The first kappa shape index (κ1) is 30.9. The third kappa shape index (κ3) is 7.94. The first-order chi connectivity index (χ1) is 19.0. The summed E-state index contributed by atoms with van der Waals surface area (Å²) >= 11 is 0. The molecular weight excluding hydrogens is 522 g/mol. The van der Waals surface area contributed by atoms with Gasteiger partial charge in [0, 0.05) is 13.1 Å². The molecule has 0 bridgehead atoms. The normalized spacial score (nSPS) is 12.2. The number of nitrogens with zero attached hydrogens (tertiary/aromatic N) is 2. The smallest absolute Gasteiger partial charge is 0.264 e. The first-order valence-corrected chi connectivity index (χ1v) is 15.3. The SMILES string of the molecule is CCc1ccccc1N(CC(=O)N(CCc1ccccc1)[C@H](C)C(=O)NCC(C)C)S(=O)(=O)c1ccc(C)cc1. The van der Waals surface area contributed by atoms with Gasteiger partial charge in [-0.05, 0) is 61.9 Å². The molecule has 3 aromatic rings. The lowest BCUT2D eigenvalue weighted by molar-refractivity contribution is -0.138. The van der Waals surface area contributed by atoms with Crippen molar-refractivity contribution in [3.63, 3.8) is 0 Å². The molecule has 0 heterocycles. The fraction of sp³-hybridized carbons (Fsp3) is 0.375. The number of sulfonamides is 1. The molecule has 0 aliphatic rings. The minimum atomic E-state index is -4.08. The molecule has 3 aromatic carbocycles. The van der Waals surface area contributed by atoms with E-state index in [1.165, 1.54) is 9.21 Å². The Kier molecular flexibility index (Phi) is 10.9. The second kappa shape index (κ2) is 14.1. The average Bonchev–Trinajstić information content (AvgIpc) is 2.95. The summed E-state index contributed by atoms with van der Waals surface area (Å²) in [5.74, 6) is -0.452. The number of benzene rings is 3. The highest BCUT2D eigenvalue weighted by Crippen LogP contribution is 2.28. The van der Waals surface area contributed by atoms with Gasteiger partial charge in [-0.2, -0.15) is 0 Å². The Bertz CT molecular complexity index is 1370. The van der Waals surface area contributed by atoms with Crippen molar-refractivity contribution in [3.05, 3.63) is 95.6 Å². The van der Waals surface area contributed by atoms with Gasteiger partial charge in [0.15, 0.2) is 0 Å². The van der Waals surface area contributed by atoms with E-state index in [2.05, 4.69) is 5.32 Å². The van der Waals surface area contributed by atoms with Gasteiger partial charge in [-0.15, -0.1) is 0 Å². The zero-order valence-corrected chi connectivity index (χ0v) is 24.9. The summed E-state index contributed by atoms with van der Waals surface area (Å²) in [5.41, 5.74) is 3.22. The molecule has 0 spiro atoms. The van der Waals surface area contributed by atoms with Crippen molar-refractivity contribution in [1.82, 2.24) is 10.2 Å². The highest BCUT2D eigenvalue weighted by molar-refractivity contribution is 7.92. The lowest BCUT2D eigenvalue weighted by atomic mass is 10.1. The summed E-state index contributed by atoms with van der Waals surface area (Å²) < 4.78 is 29.2. The molecule has 0 aliphatic heterocycles. The highest BCUT2D eigenvalue weighted by Gasteiger charge is 2.33. The number of carbonyl (C=O) groups excluding carboxylic acids is 2. The lowest BCUT2D eigenvalue weighted by Crippen LogP contribution is -2.52. The molecule has 0 saturated heterocycles. The largest absolute Gasteiger partial charge is 0.354 e. The molecule has 8 heteroatoms. The van der Waals surface area contributed by atoms with Crippen molar-refractivity contribution >= 4 is 27.5 Å². The Morgan fingerprint density at radius 2 is 1.50 bits per heavy atom. The summed E-state index contributed by atoms with van der Waals surface area (Å²) in [5, 5.41) is 2.92. The Labute approximate surface area is 239 Å². The number of rotatable bonds is 13. The second-order valence-electron chi connectivity index (χ2n) is 10.4. The average molecular weight is 564 g/mol. The predicted molar refractivity (Wildman–Crippen MR) is 161 cm³/mol. The fourth-order valence-corrected chi connectivity index (χ4v) is 5.88. The van der Waals surface area contributed by atoms with Gasteiger partial charge >= 0.3 is 0 Å². The lowest BCUT2D eigenvalue weighted by Gasteiger charge is -2.32. The Balaban J connectivity index is 2.00. The molecule has 0 unspecified atom stereocenters. The van der Waals surface area contributed by atoms with Gasteiger partial charge in [0.25, 0.3) is 10.0 Å². The van der Waals surface area contributed by atoms with Gasteiger partial charge in [-0.25, -0.2) is 8.42 Å². The minimum Gasteiger partial charge on any atom is -0.354 e. The first-order valence-electron chi connectivity index (χ1n) is 13.8. The molecule has 0 fully saturated rings. The number of para-hydroxylation sites is 1. The Morgan fingerprint density at radius 1 is 0.875 bits per heavy atom. The van der Waals surface area contributed by atoms with E-state index in [1.54, 1.807) is 43.3 Å². The van der Waals surface area contributed by atoms with Crippen molar-refractivity contribution in [2.45, 2.75) is 58.4 Å². The van der Waals surface area contributed by atoms with Gasteiger partial charge in [0.2, 0.25) is 11.8 Å². The van der Waals surface area contributed by atoms with Crippen LogP contribution >= 0.6 is 0 Å². The molecule has 0 radical (unpaired) electrons. The number of hydrogen-bond donors (Lipinski definition) is 1. The van der Waals surface area contributed by atoms with Gasteiger partial charge in [-0.1, -0.05) is 87.0 Å². The van der Waals surface area contributed by atoms with Crippen molar-refractivity contribution in [3.8, 4) is 0 Å². The van der Waals surface area contributed by atoms with Gasteiger partial charge in [0.1, 0.15) is 12.6 Å². The van der Waals surface area contributed by atoms with Crippen LogP contribution in [0.15, 0.2) is 83.8 Å². The molecule has 1 atom stereocenters. The topological polar surface area (TPSA) is 86.8 Å². The molecule has 1 N–H and O–H groups in total. The number of carbonyl (C=O) groups is 2. The van der Waals surface area contributed by atoms with Crippen LogP contribution in [0.1, 0.15) is 44.4 Å². The molecule has 0 aromatic heterocycles. The van der Waals surface area contributed by atoms with Crippen LogP contribution in [0.25, 0.3) is 0 Å².